The topological polar surface area (TPSA) is 56.2 Å². The van der Waals surface area contributed by atoms with Crippen LogP contribution in [0.5, 0.6) is 5.75 Å². The lowest BCUT2D eigenvalue weighted by molar-refractivity contribution is 0.0949. The maximum absolute atomic E-state index is 12.6. The normalized spacial score (nSPS) is 11.0. The van der Waals surface area contributed by atoms with Crippen molar-refractivity contribution in [2.45, 2.75) is 33.4 Å². The van der Waals surface area contributed by atoms with Crippen LogP contribution in [-0.2, 0) is 13.1 Å². The zero-order valence-electron chi connectivity index (χ0n) is 18.3. The minimum atomic E-state index is -0.103. The lowest BCUT2D eigenvalue weighted by atomic mass is 10.1. The van der Waals surface area contributed by atoms with Crippen molar-refractivity contribution in [3.8, 4) is 5.75 Å². The Labute approximate surface area is 193 Å². The van der Waals surface area contributed by atoms with E-state index in [9.17, 15) is 4.79 Å². The smallest absolute Gasteiger partial charge is 0.251 e. The molecule has 1 heterocycles. The summed E-state index contributed by atoms with van der Waals surface area (Å²) in [5.74, 6) is 1.54. The maximum atomic E-state index is 12.6. The van der Waals surface area contributed by atoms with E-state index in [-0.39, 0.29) is 5.91 Å². The molecule has 32 heavy (non-hydrogen) atoms. The second kappa shape index (κ2) is 9.88. The lowest BCUT2D eigenvalue weighted by Gasteiger charge is -2.12. The van der Waals surface area contributed by atoms with Crippen LogP contribution in [0.25, 0.3) is 11.0 Å². The van der Waals surface area contributed by atoms with Crippen LogP contribution in [0.1, 0.15) is 33.7 Å². The molecule has 0 aliphatic heterocycles. The first-order valence-corrected chi connectivity index (χ1v) is 11.1. The van der Waals surface area contributed by atoms with E-state index in [0.717, 1.165) is 51.7 Å². The second-order valence-electron chi connectivity index (χ2n) is 7.83. The molecule has 0 aliphatic rings. The van der Waals surface area contributed by atoms with Crippen LogP contribution in [0.2, 0.25) is 5.02 Å². The van der Waals surface area contributed by atoms with Gasteiger partial charge in [-0.1, -0.05) is 41.4 Å². The van der Waals surface area contributed by atoms with E-state index >= 15 is 0 Å². The number of halogens is 1. The highest BCUT2D eigenvalue weighted by atomic mass is 35.5. The molecule has 1 amide bonds. The van der Waals surface area contributed by atoms with Crippen LogP contribution in [0.15, 0.2) is 66.7 Å². The number of ether oxygens (including phenoxy) is 1. The zero-order valence-corrected chi connectivity index (χ0v) is 19.0. The Morgan fingerprint density at radius 3 is 2.72 bits per heavy atom. The molecular weight excluding hydrogens is 422 g/mol. The van der Waals surface area contributed by atoms with Gasteiger partial charge in [0, 0.05) is 17.1 Å². The predicted molar refractivity (Wildman–Crippen MR) is 128 cm³/mol. The van der Waals surface area contributed by atoms with Gasteiger partial charge in [-0.2, -0.15) is 0 Å². The molecule has 0 unspecified atom stereocenters. The van der Waals surface area contributed by atoms with Gasteiger partial charge in [0.1, 0.15) is 11.6 Å². The van der Waals surface area contributed by atoms with E-state index < -0.39 is 0 Å². The van der Waals surface area contributed by atoms with Crippen LogP contribution < -0.4 is 10.1 Å². The van der Waals surface area contributed by atoms with Gasteiger partial charge >= 0.3 is 0 Å². The molecule has 164 valence electrons. The first-order chi connectivity index (χ1) is 15.5. The first kappa shape index (κ1) is 21.9. The van der Waals surface area contributed by atoms with E-state index in [2.05, 4.69) is 16.0 Å². The number of fused-ring (bicyclic) bond motifs is 1. The zero-order chi connectivity index (χ0) is 22.5. The minimum Gasteiger partial charge on any atom is -0.494 e. The lowest BCUT2D eigenvalue weighted by Crippen LogP contribution is -2.25. The van der Waals surface area contributed by atoms with Crippen LogP contribution in [0.4, 0.5) is 0 Å². The summed E-state index contributed by atoms with van der Waals surface area (Å²) < 4.78 is 8.05. The number of hydrogen-bond acceptors (Lipinski definition) is 3. The fraction of sp³-hybridized carbons (Fsp3) is 0.231. The average molecular weight is 448 g/mol. The first-order valence-electron chi connectivity index (χ1n) is 10.7. The highest BCUT2D eigenvalue weighted by Crippen LogP contribution is 2.21. The molecule has 1 N–H and O–H groups in total. The molecule has 0 saturated carbocycles. The number of rotatable bonds is 8. The van der Waals surface area contributed by atoms with Crippen molar-refractivity contribution in [1.29, 1.82) is 0 Å². The number of para-hydroxylation sites is 2. The van der Waals surface area contributed by atoms with E-state index in [1.165, 1.54) is 0 Å². The largest absolute Gasteiger partial charge is 0.494 e. The summed E-state index contributed by atoms with van der Waals surface area (Å²) in [4.78, 5) is 17.3. The number of imidazole rings is 1. The quantitative estimate of drug-likeness (QED) is 0.352. The second-order valence-corrected chi connectivity index (χ2v) is 8.24. The predicted octanol–water partition coefficient (Wildman–Crippen LogP) is 5.71. The van der Waals surface area contributed by atoms with Crippen LogP contribution in [0.3, 0.4) is 0 Å². The third-order valence-electron chi connectivity index (χ3n) is 5.35. The molecule has 0 radical (unpaired) electrons. The van der Waals surface area contributed by atoms with E-state index in [1.807, 2.05) is 74.5 Å². The average Bonchev–Trinajstić information content (AvgIpc) is 3.15. The number of amides is 1. The molecule has 5 nitrogen and oxygen atoms in total. The Bertz CT molecular complexity index is 1250. The number of aromatic nitrogens is 2. The van der Waals surface area contributed by atoms with Crippen molar-refractivity contribution >= 4 is 28.5 Å². The summed E-state index contributed by atoms with van der Waals surface area (Å²) in [6, 6.07) is 21.3. The summed E-state index contributed by atoms with van der Waals surface area (Å²) in [5.41, 5.74) is 4.67. The van der Waals surface area contributed by atoms with Crippen LogP contribution in [-0.4, -0.2) is 22.1 Å². The van der Waals surface area contributed by atoms with Crippen LogP contribution in [0, 0.1) is 13.8 Å². The molecule has 0 fully saturated rings. The SMILES string of the molecule is Cc1cccc(C(=O)NCc2nc3ccccc3n2CCCOc2ccc(Cl)c(C)c2)c1. The van der Waals surface area contributed by atoms with Gasteiger partial charge in [-0.05, 0) is 68.3 Å². The summed E-state index contributed by atoms with van der Waals surface area (Å²) in [5, 5.41) is 3.74. The molecule has 0 atom stereocenters. The van der Waals surface area contributed by atoms with Gasteiger partial charge in [-0.3, -0.25) is 4.79 Å². The molecule has 4 rings (SSSR count). The van der Waals surface area contributed by atoms with Crippen LogP contribution >= 0.6 is 11.6 Å². The van der Waals surface area contributed by atoms with E-state index in [0.29, 0.717) is 18.7 Å². The van der Waals surface area contributed by atoms with Crippen molar-refractivity contribution in [3.63, 3.8) is 0 Å². The molecular formula is C26H26ClN3O2. The Balaban J connectivity index is 1.43. The van der Waals surface area contributed by atoms with Crippen molar-refractivity contribution in [3.05, 3.63) is 94.3 Å². The Hall–Kier alpha value is -3.31. The van der Waals surface area contributed by atoms with Gasteiger partial charge in [0.2, 0.25) is 0 Å². The van der Waals surface area contributed by atoms with Crippen molar-refractivity contribution < 1.29 is 9.53 Å². The van der Waals surface area contributed by atoms with Gasteiger partial charge in [0.25, 0.3) is 5.91 Å². The number of nitrogens with one attached hydrogen (secondary N) is 1. The van der Waals surface area contributed by atoms with Gasteiger partial charge in [-0.15, -0.1) is 0 Å². The molecule has 3 aromatic carbocycles. The third-order valence-corrected chi connectivity index (χ3v) is 5.77. The summed E-state index contributed by atoms with van der Waals surface area (Å²) in [6.45, 7) is 5.61. The van der Waals surface area contributed by atoms with Crippen molar-refractivity contribution in [1.82, 2.24) is 14.9 Å². The van der Waals surface area contributed by atoms with Crippen molar-refractivity contribution in [2.24, 2.45) is 0 Å². The third kappa shape index (κ3) is 5.11. The fourth-order valence-electron chi connectivity index (χ4n) is 3.68. The Morgan fingerprint density at radius 2 is 1.91 bits per heavy atom. The maximum Gasteiger partial charge on any atom is 0.251 e. The molecule has 0 bridgehead atoms. The molecule has 1 aromatic heterocycles. The number of carbonyl (C=O) groups excluding carboxylic acids is 1. The number of benzene rings is 3. The molecule has 0 aliphatic carbocycles. The Kier molecular flexibility index (Phi) is 6.76. The summed E-state index contributed by atoms with van der Waals surface area (Å²) >= 11 is 6.09. The monoisotopic (exact) mass is 447 g/mol. The van der Waals surface area contributed by atoms with Gasteiger partial charge in [-0.25, -0.2) is 4.98 Å². The highest BCUT2D eigenvalue weighted by Gasteiger charge is 2.12. The number of aryl methyl sites for hydroxylation is 3. The summed E-state index contributed by atoms with van der Waals surface area (Å²) in [6.07, 6.45) is 0.806. The number of hydrogen-bond donors (Lipinski definition) is 1. The van der Waals surface area contributed by atoms with E-state index in [1.54, 1.807) is 0 Å². The minimum absolute atomic E-state index is 0.103. The summed E-state index contributed by atoms with van der Waals surface area (Å²) in [7, 11) is 0. The number of carbonyl (C=O) groups is 1. The van der Waals surface area contributed by atoms with Gasteiger partial charge in [0.05, 0.1) is 24.2 Å². The molecule has 4 aromatic rings. The van der Waals surface area contributed by atoms with E-state index in [4.69, 9.17) is 21.3 Å². The molecule has 0 spiro atoms. The highest BCUT2D eigenvalue weighted by molar-refractivity contribution is 6.31. The van der Waals surface area contributed by atoms with Gasteiger partial charge in [0.15, 0.2) is 0 Å². The number of nitrogens with zero attached hydrogens (tertiary/aromatic N) is 2. The molecule has 6 heteroatoms. The molecule has 0 saturated heterocycles. The standard InChI is InChI=1S/C26H26ClN3O2/c1-18-7-5-8-20(15-18)26(31)28-17-25-29-23-9-3-4-10-24(23)30(25)13-6-14-32-21-11-12-22(27)19(2)16-21/h3-5,7-12,15-16H,6,13-14,17H2,1-2H3,(H,28,31). The fourth-order valence-corrected chi connectivity index (χ4v) is 3.79. The van der Waals surface area contributed by atoms with Crippen molar-refractivity contribution in [2.75, 3.05) is 6.61 Å². The Morgan fingerprint density at radius 1 is 1.06 bits per heavy atom. The van der Waals surface area contributed by atoms with Gasteiger partial charge < -0.3 is 14.6 Å².